The highest BCUT2D eigenvalue weighted by Crippen LogP contribution is 2.26. The molecule has 0 saturated heterocycles. The molecule has 4 nitrogen and oxygen atoms in total. The molecular formula is C12H8F2N2O2. The van der Waals surface area contributed by atoms with Gasteiger partial charge in [0.05, 0.1) is 11.4 Å². The van der Waals surface area contributed by atoms with E-state index in [1.807, 2.05) is 0 Å². The van der Waals surface area contributed by atoms with E-state index in [4.69, 9.17) is 5.11 Å². The lowest BCUT2D eigenvalue weighted by Crippen LogP contribution is -2.07. The fraction of sp³-hybridized carbons (Fsp3) is 0.0833. The van der Waals surface area contributed by atoms with E-state index in [1.165, 1.54) is 6.92 Å². The van der Waals surface area contributed by atoms with Crippen molar-refractivity contribution in [2.24, 2.45) is 0 Å². The van der Waals surface area contributed by atoms with Crippen LogP contribution < -0.4 is 0 Å². The predicted molar refractivity (Wildman–Crippen MR) is 59.1 cm³/mol. The van der Waals surface area contributed by atoms with Crippen LogP contribution in [0.3, 0.4) is 0 Å². The van der Waals surface area contributed by atoms with Gasteiger partial charge in [-0.05, 0) is 25.1 Å². The molecule has 0 atom stereocenters. The third kappa shape index (κ3) is 2.04. The Balaban J connectivity index is 2.75. The minimum absolute atomic E-state index is 0.132. The molecule has 1 aromatic carbocycles. The molecule has 92 valence electrons. The number of carbonyl (C=O) groups is 1. The van der Waals surface area contributed by atoms with E-state index in [0.29, 0.717) is 0 Å². The Morgan fingerprint density at radius 3 is 2.67 bits per heavy atom. The van der Waals surface area contributed by atoms with E-state index < -0.39 is 17.6 Å². The number of carboxylic acids is 1. The normalized spacial score (nSPS) is 10.4. The van der Waals surface area contributed by atoms with E-state index in [1.54, 1.807) is 0 Å². The van der Waals surface area contributed by atoms with Crippen LogP contribution >= 0.6 is 0 Å². The standard InChI is InChI=1S/C12H8F2N2O2/c1-6-10(12(17)18)11(16-5-15-6)8-4-7(13)2-3-9(8)14/h2-5H,1H3,(H,17,18). The average molecular weight is 250 g/mol. The number of aromatic carboxylic acids is 1. The molecule has 18 heavy (non-hydrogen) atoms. The van der Waals surface area contributed by atoms with Crippen molar-refractivity contribution in [2.75, 3.05) is 0 Å². The maximum Gasteiger partial charge on any atom is 0.339 e. The highest BCUT2D eigenvalue weighted by atomic mass is 19.1. The van der Waals surface area contributed by atoms with Crippen LogP contribution in [0, 0.1) is 18.6 Å². The first kappa shape index (κ1) is 12.1. The summed E-state index contributed by atoms with van der Waals surface area (Å²) < 4.78 is 26.7. The second kappa shape index (κ2) is 4.48. The van der Waals surface area contributed by atoms with Gasteiger partial charge in [-0.15, -0.1) is 0 Å². The van der Waals surface area contributed by atoms with Crippen molar-refractivity contribution in [3.8, 4) is 11.3 Å². The van der Waals surface area contributed by atoms with Crippen molar-refractivity contribution in [1.29, 1.82) is 0 Å². The van der Waals surface area contributed by atoms with Gasteiger partial charge in [0.1, 0.15) is 23.5 Å². The van der Waals surface area contributed by atoms with E-state index in [-0.39, 0.29) is 22.5 Å². The lowest BCUT2D eigenvalue weighted by atomic mass is 10.0. The predicted octanol–water partition coefficient (Wildman–Crippen LogP) is 2.43. The number of hydrogen-bond acceptors (Lipinski definition) is 3. The van der Waals surface area contributed by atoms with Crippen molar-refractivity contribution < 1.29 is 18.7 Å². The van der Waals surface area contributed by atoms with Gasteiger partial charge in [0, 0.05) is 5.56 Å². The first-order chi connectivity index (χ1) is 8.50. The Labute approximate surface area is 101 Å². The van der Waals surface area contributed by atoms with Crippen molar-refractivity contribution in [3.63, 3.8) is 0 Å². The maximum absolute atomic E-state index is 13.6. The number of hydrogen-bond donors (Lipinski definition) is 1. The van der Waals surface area contributed by atoms with E-state index in [2.05, 4.69) is 9.97 Å². The van der Waals surface area contributed by atoms with Crippen LogP contribution in [0.2, 0.25) is 0 Å². The third-order valence-electron chi connectivity index (χ3n) is 2.43. The monoisotopic (exact) mass is 250 g/mol. The molecule has 0 spiro atoms. The Morgan fingerprint density at radius 1 is 1.28 bits per heavy atom. The zero-order valence-electron chi connectivity index (χ0n) is 9.32. The van der Waals surface area contributed by atoms with Gasteiger partial charge in [0.2, 0.25) is 0 Å². The molecule has 1 heterocycles. The summed E-state index contributed by atoms with van der Waals surface area (Å²) in [6.07, 6.45) is 1.11. The summed E-state index contributed by atoms with van der Waals surface area (Å²) in [6, 6.07) is 2.78. The Bertz CT molecular complexity index is 629. The van der Waals surface area contributed by atoms with Crippen LogP contribution in [0.5, 0.6) is 0 Å². The quantitative estimate of drug-likeness (QED) is 0.889. The first-order valence-electron chi connectivity index (χ1n) is 5.01. The zero-order valence-corrected chi connectivity index (χ0v) is 9.32. The number of nitrogens with zero attached hydrogens (tertiary/aromatic N) is 2. The molecule has 6 heteroatoms. The van der Waals surface area contributed by atoms with Crippen molar-refractivity contribution in [1.82, 2.24) is 9.97 Å². The van der Waals surface area contributed by atoms with Gasteiger partial charge in [-0.2, -0.15) is 0 Å². The SMILES string of the molecule is Cc1ncnc(-c2cc(F)ccc2F)c1C(=O)O. The topological polar surface area (TPSA) is 63.1 Å². The summed E-state index contributed by atoms with van der Waals surface area (Å²) >= 11 is 0. The molecule has 1 aromatic heterocycles. The Morgan fingerprint density at radius 2 is 2.00 bits per heavy atom. The van der Waals surface area contributed by atoms with E-state index in [9.17, 15) is 13.6 Å². The Hall–Kier alpha value is -2.37. The van der Waals surface area contributed by atoms with Gasteiger partial charge in [-0.3, -0.25) is 0 Å². The van der Waals surface area contributed by atoms with Crippen LogP contribution in [0.15, 0.2) is 24.5 Å². The van der Waals surface area contributed by atoms with Gasteiger partial charge >= 0.3 is 5.97 Å². The molecule has 2 aromatic rings. The summed E-state index contributed by atoms with van der Waals surface area (Å²) in [6.45, 7) is 1.46. The van der Waals surface area contributed by atoms with E-state index >= 15 is 0 Å². The fourth-order valence-corrected chi connectivity index (χ4v) is 1.61. The van der Waals surface area contributed by atoms with Crippen LogP contribution in [0.1, 0.15) is 16.1 Å². The first-order valence-corrected chi connectivity index (χ1v) is 5.01. The fourth-order valence-electron chi connectivity index (χ4n) is 1.61. The lowest BCUT2D eigenvalue weighted by molar-refractivity contribution is 0.0696. The molecule has 0 aliphatic heterocycles. The molecule has 0 amide bonds. The number of carboxylic acid groups (broad SMARTS) is 1. The van der Waals surface area contributed by atoms with Gasteiger partial charge in [-0.25, -0.2) is 23.5 Å². The second-order valence-electron chi connectivity index (χ2n) is 3.61. The molecule has 2 rings (SSSR count). The van der Waals surface area contributed by atoms with Crippen LogP contribution in [-0.4, -0.2) is 21.0 Å². The van der Waals surface area contributed by atoms with E-state index in [0.717, 1.165) is 24.5 Å². The van der Waals surface area contributed by atoms with Crippen LogP contribution in [-0.2, 0) is 0 Å². The number of aromatic nitrogens is 2. The highest BCUT2D eigenvalue weighted by molar-refractivity contribution is 5.95. The van der Waals surface area contributed by atoms with Crippen LogP contribution in [0.25, 0.3) is 11.3 Å². The molecule has 0 fully saturated rings. The number of rotatable bonds is 2. The summed E-state index contributed by atoms with van der Waals surface area (Å²) in [5.41, 5.74) is -0.372. The summed E-state index contributed by atoms with van der Waals surface area (Å²) in [5, 5.41) is 9.07. The molecule has 0 aliphatic carbocycles. The van der Waals surface area contributed by atoms with Crippen LogP contribution in [0.4, 0.5) is 8.78 Å². The van der Waals surface area contributed by atoms with Crippen molar-refractivity contribution in [3.05, 3.63) is 47.4 Å². The molecule has 0 unspecified atom stereocenters. The molecular weight excluding hydrogens is 242 g/mol. The molecule has 1 N–H and O–H groups in total. The van der Waals surface area contributed by atoms with Crippen molar-refractivity contribution >= 4 is 5.97 Å². The average Bonchev–Trinajstić information content (AvgIpc) is 2.31. The molecule has 0 aliphatic rings. The van der Waals surface area contributed by atoms with Crippen molar-refractivity contribution in [2.45, 2.75) is 6.92 Å². The lowest BCUT2D eigenvalue weighted by Gasteiger charge is -2.08. The summed E-state index contributed by atoms with van der Waals surface area (Å²) in [4.78, 5) is 18.6. The third-order valence-corrected chi connectivity index (χ3v) is 2.43. The minimum Gasteiger partial charge on any atom is -0.478 e. The number of halogens is 2. The molecule has 0 bridgehead atoms. The summed E-state index contributed by atoms with van der Waals surface area (Å²) in [7, 11) is 0. The van der Waals surface area contributed by atoms with Gasteiger partial charge < -0.3 is 5.11 Å². The Kier molecular flexibility index (Phi) is 3.01. The smallest absolute Gasteiger partial charge is 0.339 e. The second-order valence-corrected chi connectivity index (χ2v) is 3.61. The molecule has 0 saturated carbocycles. The number of aryl methyl sites for hydroxylation is 1. The largest absolute Gasteiger partial charge is 0.478 e. The summed E-state index contributed by atoms with van der Waals surface area (Å²) in [5.74, 6) is -2.69. The number of benzene rings is 1. The van der Waals surface area contributed by atoms with Gasteiger partial charge in [0.15, 0.2) is 0 Å². The van der Waals surface area contributed by atoms with Gasteiger partial charge in [0.25, 0.3) is 0 Å². The molecule has 0 radical (unpaired) electrons. The maximum atomic E-state index is 13.6. The highest BCUT2D eigenvalue weighted by Gasteiger charge is 2.19. The van der Waals surface area contributed by atoms with Gasteiger partial charge in [-0.1, -0.05) is 0 Å². The zero-order chi connectivity index (χ0) is 13.3. The minimum atomic E-state index is -1.29.